The van der Waals surface area contributed by atoms with Crippen molar-refractivity contribution < 1.29 is 14.3 Å². The first-order valence-corrected chi connectivity index (χ1v) is 11.2. The molecule has 2 aromatic rings. The molecular formula is C20H26N2O3S2. The zero-order valence-corrected chi connectivity index (χ0v) is 17.3. The predicted molar refractivity (Wildman–Crippen MR) is 112 cm³/mol. The Morgan fingerprint density at radius 1 is 1.19 bits per heavy atom. The molecule has 0 spiro atoms. The number of hydrogen-bond acceptors (Lipinski definition) is 5. The maximum Gasteiger partial charge on any atom is 0.258 e. The van der Waals surface area contributed by atoms with E-state index in [4.69, 9.17) is 4.74 Å². The van der Waals surface area contributed by atoms with Gasteiger partial charge < -0.3 is 15.4 Å². The molecule has 0 aliphatic rings. The molecule has 0 saturated heterocycles. The normalized spacial score (nSPS) is 12.8. The van der Waals surface area contributed by atoms with Crippen molar-refractivity contribution in [1.29, 1.82) is 0 Å². The number of thioether (sulfide) groups is 1. The lowest BCUT2D eigenvalue weighted by molar-refractivity contribution is -0.130. The second-order valence-electron chi connectivity index (χ2n) is 6.25. The molecule has 27 heavy (non-hydrogen) atoms. The number of benzene rings is 1. The lowest BCUT2D eigenvalue weighted by Crippen LogP contribution is -2.50. The van der Waals surface area contributed by atoms with Crippen molar-refractivity contribution in [2.24, 2.45) is 0 Å². The quantitative estimate of drug-likeness (QED) is 0.602. The van der Waals surface area contributed by atoms with Crippen molar-refractivity contribution in [3.05, 3.63) is 52.7 Å². The molecule has 0 radical (unpaired) electrons. The summed E-state index contributed by atoms with van der Waals surface area (Å²) in [5, 5.41) is 9.91. The van der Waals surface area contributed by atoms with Crippen LogP contribution in [0, 0.1) is 0 Å². The highest BCUT2D eigenvalue weighted by Crippen LogP contribution is 2.10. The molecule has 0 saturated carbocycles. The minimum atomic E-state index is -0.561. The van der Waals surface area contributed by atoms with Crippen LogP contribution < -0.4 is 15.4 Å². The summed E-state index contributed by atoms with van der Waals surface area (Å²) in [7, 11) is 0. The van der Waals surface area contributed by atoms with Crippen LogP contribution in [0.3, 0.4) is 0 Å². The van der Waals surface area contributed by atoms with E-state index in [2.05, 4.69) is 22.1 Å². The molecule has 0 aliphatic carbocycles. The van der Waals surface area contributed by atoms with Gasteiger partial charge in [0.25, 0.3) is 5.91 Å². The van der Waals surface area contributed by atoms with Gasteiger partial charge in [-0.25, -0.2) is 0 Å². The van der Waals surface area contributed by atoms with Crippen LogP contribution in [0.1, 0.15) is 18.9 Å². The Balaban J connectivity index is 1.84. The minimum Gasteiger partial charge on any atom is -0.484 e. The van der Waals surface area contributed by atoms with E-state index in [1.165, 1.54) is 5.56 Å². The average molecular weight is 407 g/mol. The summed E-state index contributed by atoms with van der Waals surface area (Å²) in [6.45, 7) is 1.86. The zero-order valence-electron chi connectivity index (χ0n) is 15.6. The standard InChI is InChI=1S/C20H26N2O3S2/c1-15(12-16-8-11-27-14-16)21-20(24)18(9-10-26-2)22-19(23)13-25-17-6-4-3-5-7-17/h3-8,11,14-15,18H,9-10,12-13H2,1-2H3,(H,21,24)(H,22,23). The van der Waals surface area contributed by atoms with E-state index >= 15 is 0 Å². The number of carbonyl (C=O) groups excluding carboxylic acids is 2. The highest BCUT2D eigenvalue weighted by atomic mass is 32.2. The highest BCUT2D eigenvalue weighted by Gasteiger charge is 2.22. The third kappa shape index (κ3) is 8.05. The highest BCUT2D eigenvalue weighted by molar-refractivity contribution is 7.98. The van der Waals surface area contributed by atoms with Crippen molar-refractivity contribution in [2.45, 2.75) is 31.8 Å². The van der Waals surface area contributed by atoms with E-state index in [9.17, 15) is 9.59 Å². The first-order chi connectivity index (χ1) is 13.1. The molecule has 5 nitrogen and oxygen atoms in total. The number of hydrogen-bond donors (Lipinski definition) is 2. The number of rotatable bonds is 11. The number of nitrogens with one attached hydrogen (secondary N) is 2. The Bertz CT molecular complexity index is 693. The Morgan fingerprint density at radius 2 is 1.96 bits per heavy atom. The number of para-hydroxylation sites is 1. The third-order valence-corrected chi connectivity index (χ3v) is 5.26. The summed E-state index contributed by atoms with van der Waals surface area (Å²) in [4.78, 5) is 24.8. The van der Waals surface area contributed by atoms with E-state index in [1.54, 1.807) is 35.2 Å². The predicted octanol–water partition coefficient (Wildman–Crippen LogP) is 3.11. The van der Waals surface area contributed by atoms with Crippen LogP contribution in [0.5, 0.6) is 5.75 Å². The van der Waals surface area contributed by atoms with Gasteiger partial charge in [0.15, 0.2) is 6.61 Å². The van der Waals surface area contributed by atoms with Gasteiger partial charge in [-0.05, 0) is 66.3 Å². The Kier molecular flexibility index (Phi) is 9.21. The van der Waals surface area contributed by atoms with Crippen LogP contribution >= 0.6 is 23.1 Å². The molecule has 2 atom stereocenters. The Hall–Kier alpha value is -1.99. The van der Waals surface area contributed by atoms with Gasteiger partial charge in [-0.2, -0.15) is 23.1 Å². The topological polar surface area (TPSA) is 67.4 Å². The van der Waals surface area contributed by atoms with Crippen LogP contribution in [-0.2, 0) is 16.0 Å². The molecule has 0 bridgehead atoms. The molecule has 146 valence electrons. The van der Waals surface area contributed by atoms with Crippen LogP contribution in [0.2, 0.25) is 0 Å². The summed E-state index contributed by atoms with van der Waals surface area (Å²) in [6, 6.07) is 10.6. The lowest BCUT2D eigenvalue weighted by atomic mass is 10.1. The van der Waals surface area contributed by atoms with Gasteiger partial charge in [-0.15, -0.1) is 0 Å². The fourth-order valence-electron chi connectivity index (χ4n) is 2.56. The van der Waals surface area contributed by atoms with Crippen molar-refractivity contribution in [3.63, 3.8) is 0 Å². The largest absolute Gasteiger partial charge is 0.484 e. The fourth-order valence-corrected chi connectivity index (χ4v) is 3.72. The number of carbonyl (C=O) groups is 2. The minimum absolute atomic E-state index is 0.00125. The van der Waals surface area contributed by atoms with Crippen molar-refractivity contribution in [3.8, 4) is 5.75 Å². The van der Waals surface area contributed by atoms with Gasteiger partial charge in [0.1, 0.15) is 11.8 Å². The smallest absolute Gasteiger partial charge is 0.258 e. The van der Waals surface area contributed by atoms with Crippen LogP contribution in [0.25, 0.3) is 0 Å². The van der Waals surface area contributed by atoms with Crippen LogP contribution in [0.4, 0.5) is 0 Å². The first-order valence-electron chi connectivity index (χ1n) is 8.86. The molecular weight excluding hydrogens is 380 g/mol. The second-order valence-corrected chi connectivity index (χ2v) is 8.01. The summed E-state index contributed by atoms with van der Waals surface area (Å²) >= 11 is 3.29. The molecule has 0 fully saturated rings. The van der Waals surface area contributed by atoms with Gasteiger partial charge >= 0.3 is 0 Å². The monoisotopic (exact) mass is 406 g/mol. The molecule has 1 aromatic carbocycles. The third-order valence-electron chi connectivity index (χ3n) is 3.89. The number of ether oxygens (including phenoxy) is 1. The molecule has 2 unspecified atom stereocenters. The Labute approximate surface area is 168 Å². The van der Waals surface area contributed by atoms with E-state index < -0.39 is 6.04 Å². The lowest BCUT2D eigenvalue weighted by Gasteiger charge is -2.21. The molecule has 1 heterocycles. The SMILES string of the molecule is CSCCC(NC(=O)COc1ccccc1)C(=O)NC(C)Cc1ccsc1. The summed E-state index contributed by atoms with van der Waals surface area (Å²) in [6.07, 6.45) is 3.33. The van der Waals surface area contributed by atoms with E-state index in [0.29, 0.717) is 12.2 Å². The van der Waals surface area contributed by atoms with Gasteiger partial charge in [0.2, 0.25) is 5.91 Å². The van der Waals surface area contributed by atoms with Gasteiger partial charge in [0, 0.05) is 6.04 Å². The second kappa shape index (κ2) is 11.7. The summed E-state index contributed by atoms with van der Waals surface area (Å²) < 4.78 is 5.46. The van der Waals surface area contributed by atoms with Crippen LogP contribution in [-0.4, -0.2) is 42.5 Å². The summed E-state index contributed by atoms with van der Waals surface area (Å²) in [5.74, 6) is 0.962. The van der Waals surface area contributed by atoms with E-state index in [-0.39, 0.29) is 24.5 Å². The van der Waals surface area contributed by atoms with Gasteiger partial charge in [-0.3, -0.25) is 9.59 Å². The van der Waals surface area contributed by atoms with E-state index in [1.807, 2.05) is 36.8 Å². The van der Waals surface area contributed by atoms with Gasteiger partial charge in [-0.1, -0.05) is 18.2 Å². The molecule has 2 amide bonds. The van der Waals surface area contributed by atoms with Crippen LogP contribution in [0.15, 0.2) is 47.2 Å². The molecule has 7 heteroatoms. The zero-order chi connectivity index (χ0) is 19.5. The van der Waals surface area contributed by atoms with Gasteiger partial charge in [0.05, 0.1) is 0 Å². The molecule has 0 aliphatic heterocycles. The maximum atomic E-state index is 12.6. The average Bonchev–Trinajstić information content (AvgIpc) is 3.17. The van der Waals surface area contributed by atoms with Crippen molar-refractivity contribution in [1.82, 2.24) is 10.6 Å². The van der Waals surface area contributed by atoms with E-state index in [0.717, 1.165) is 12.2 Å². The number of amides is 2. The summed E-state index contributed by atoms with van der Waals surface area (Å²) in [5.41, 5.74) is 1.20. The maximum absolute atomic E-state index is 12.6. The first kappa shape index (κ1) is 21.3. The Morgan fingerprint density at radius 3 is 2.63 bits per heavy atom. The van der Waals surface area contributed by atoms with Crippen molar-refractivity contribution >= 4 is 34.9 Å². The molecule has 1 aromatic heterocycles. The number of thiophene rings is 1. The fraction of sp³-hybridized carbons (Fsp3) is 0.400. The molecule has 2 N–H and O–H groups in total. The van der Waals surface area contributed by atoms with Crippen molar-refractivity contribution in [2.75, 3.05) is 18.6 Å². The molecule has 2 rings (SSSR count).